The molecule has 7 heteroatoms. The van der Waals surface area contributed by atoms with Crippen LogP contribution in [-0.4, -0.2) is 33.9 Å². The SMILES string of the molecule is CCc1cccc(NC(=O)N(Cc2nc(C(=O)NC(C)C)co2)C(C)C)c1. The van der Waals surface area contributed by atoms with E-state index >= 15 is 0 Å². The zero-order chi connectivity index (χ0) is 20.0. The molecule has 0 saturated heterocycles. The molecule has 0 aliphatic heterocycles. The molecular formula is C20H28N4O3. The molecule has 1 heterocycles. The molecule has 0 saturated carbocycles. The van der Waals surface area contributed by atoms with Crippen molar-refractivity contribution in [2.24, 2.45) is 0 Å². The lowest BCUT2D eigenvalue weighted by molar-refractivity contribution is 0.0938. The van der Waals surface area contributed by atoms with Gasteiger partial charge in [-0.2, -0.15) is 0 Å². The number of oxazole rings is 1. The summed E-state index contributed by atoms with van der Waals surface area (Å²) in [5.41, 5.74) is 2.10. The van der Waals surface area contributed by atoms with E-state index in [4.69, 9.17) is 4.42 Å². The minimum atomic E-state index is -0.295. The number of aromatic nitrogens is 1. The fraction of sp³-hybridized carbons (Fsp3) is 0.450. The van der Waals surface area contributed by atoms with Crippen molar-refractivity contribution < 1.29 is 14.0 Å². The summed E-state index contributed by atoms with van der Waals surface area (Å²) in [6.45, 7) is 9.81. The van der Waals surface area contributed by atoms with Gasteiger partial charge in [0.1, 0.15) is 6.26 Å². The lowest BCUT2D eigenvalue weighted by atomic mass is 10.1. The van der Waals surface area contributed by atoms with Crippen LogP contribution in [0.4, 0.5) is 10.5 Å². The van der Waals surface area contributed by atoms with Crippen molar-refractivity contribution in [1.82, 2.24) is 15.2 Å². The van der Waals surface area contributed by atoms with E-state index in [1.165, 1.54) is 6.26 Å². The maximum Gasteiger partial charge on any atom is 0.322 e. The van der Waals surface area contributed by atoms with E-state index < -0.39 is 0 Å². The van der Waals surface area contributed by atoms with Gasteiger partial charge in [-0.1, -0.05) is 19.1 Å². The fourth-order valence-corrected chi connectivity index (χ4v) is 2.52. The largest absolute Gasteiger partial charge is 0.446 e. The lowest BCUT2D eigenvalue weighted by Gasteiger charge is -2.25. The molecule has 146 valence electrons. The van der Waals surface area contributed by atoms with Gasteiger partial charge < -0.3 is 20.0 Å². The highest BCUT2D eigenvalue weighted by Gasteiger charge is 2.21. The van der Waals surface area contributed by atoms with E-state index in [1.54, 1.807) is 4.90 Å². The van der Waals surface area contributed by atoms with Gasteiger partial charge in [0.15, 0.2) is 5.69 Å². The number of benzene rings is 1. The van der Waals surface area contributed by atoms with Crippen LogP contribution >= 0.6 is 0 Å². The molecule has 3 amide bonds. The number of hydrogen-bond donors (Lipinski definition) is 2. The number of aryl methyl sites for hydroxylation is 1. The maximum atomic E-state index is 12.7. The first-order valence-electron chi connectivity index (χ1n) is 9.22. The average Bonchev–Trinajstić information content (AvgIpc) is 3.07. The summed E-state index contributed by atoms with van der Waals surface area (Å²) in [5.74, 6) is 0.0204. The summed E-state index contributed by atoms with van der Waals surface area (Å²) in [7, 11) is 0. The molecule has 1 aromatic heterocycles. The Balaban J connectivity index is 2.07. The van der Waals surface area contributed by atoms with Crippen LogP contribution in [0.3, 0.4) is 0 Å². The standard InChI is InChI=1S/C20H28N4O3/c1-6-15-8-7-9-16(10-15)22-20(26)24(14(4)5)11-18-23-17(12-27-18)19(25)21-13(2)3/h7-10,12-14H,6,11H2,1-5H3,(H,21,25)(H,22,26). The molecular weight excluding hydrogens is 344 g/mol. The van der Waals surface area contributed by atoms with E-state index in [0.29, 0.717) is 5.89 Å². The third-order valence-electron chi connectivity index (χ3n) is 3.98. The Labute approximate surface area is 160 Å². The van der Waals surface area contributed by atoms with Gasteiger partial charge in [-0.05, 0) is 51.8 Å². The number of amides is 3. The molecule has 0 bridgehead atoms. The van der Waals surface area contributed by atoms with Crippen molar-refractivity contribution in [2.45, 2.75) is 59.7 Å². The molecule has 0 spiro atoms. The minimum absolute atomic E-state index is 0.00877. The second-order valence-electron chi connectivity index (χ2n) is 6.96. The highest BCUT2D eigenvalue weighted by Crippen LogP contribution is 2.15. The summed E-state index contributed by atoms with van der Waals surface area (Å²) >= 11 is 0. The average molecular weight is 372 g/mol. The molecule has 0 radical (unpaired) electrons. The Kier molecular flexibility index (Phi) is 6.98. The van der Waals surface area contributed by atoms with Crippen LogP contribution in [0.5, 0.6) is 0 Å². The van der Waals surface area contributed by atoms with Crippen LogP contribution in [0.25, 0.3) is 0 Å². The molecule has 2 N–H and O–H groups in total. The monoisotopic (exact) mass is 372 g/mol. The second-order valence-corrected chi connectivity index (χ2v) is 6.96. The van der Waals surface area contributed by atoms with Gasteiger partial charge in [0.05, 0.1) is 6.54 Å². The van der Waals surface area contributed by atoms with Gasteiger partial charge >= 0.3 is 6.03 Å². The number of rotatable bonds is 7. The summed E-state index contributed by atoms with van der Waals surface area (Å²) in [6, 6.07) is 7.44. The Morgan fingerprint density at radius 1 is 1.22 bits per heavy atom. The van der Waals surface area contributed by atoms with Gasteiger partial charge in [0, 0.05) is 17.8 Å². The highest BCUT2D eigenvalue weighted by molar-refractivity contribution is 5.92. The number of nitrogens with zero attached hydrogens (tertiary/aromatic N) is 2. The molecule has 0 atom stereocenters. The van der Waals surface area contributed by atoms with Crippen LogP contribution < -0.4 is 10.6 Å². The Bertz CT molecular complexity index is 783. The molecule has 2 rings (SSSR count). The molecule has 2 aromatic rings. The van der Waals surface area contributed by atoms with E-state index in [-0.39, 0.29) is 36.3 Å². The van der Waals surface area contributed by atoms with Gasteiger partial charge in [-0.15, -0.1) is 0 Å². The van der Waals surface area contributed by atoms with Crippen molar-refractivity contribution in [3.63, 3.8) is 0 Å². The van der Waals surface area contributed by atoms with Crippen molar-refractivity contribution in [3.8, 4) is 0 Å². The smallest absolute Gasteiger partial charge is 0.322 e. The number of carbonyl (C=O) groups is 2. The number of nitrogens with one attached hydrogen (secondary N) is 2. The zero-order valence-electron chi connectivity index (χ0n) is 16.6. The summed E-state index contributed by atoms with van der Waals surface area (Å²) in [6.07, 6.45) is 2.21. The topological polar surface area (TPSA) is 87.5 Å². The number of anilines is 1. The predicted octanol–water partition coefficient (Wildman–Crippen LogP) is 3.82. The van der Waals surface area contributed by atoms with E-state index in [1.807, 2.05) is 52.0 Å². The van der Waals surface area contributed by atoms with E-state index in [9.17, 15) is 9.59 Å². The van der Waals surface area contributed by atoms with Gasteiger partial charge in [0.2, 0.25) is 5.89 Å². The minimum Gasteiger partial charge on any atom is -0.446 e. The first-order valence-corrected chi connectivity index (χ1v) is 9.22. The third kappa shape index (κ3) is 5.84. The quantitative estimate of drug-likeness (QED) is 0.773. The van der Waals surface area contributed by atoms with Crippen LogP contribution in [0.2, 0.25) is 0 Å². The molecule has 7 nitrogen and oxygen atoms in total. The number of carbonyl (C=O) groups excluding carboxylic acids is 2. The van der Waals surface area contributed by atoms with Gasteiger partial charge in [-0.25, -0.2) is 9.78 Å². The molecule has 0 aliphatic rings. The zero-order valence-corrected chi connectivity index (χ0v) is 16.6. The summed E-state index contributed by atoms with van der Waals surface area (Å²) < 4.78 is 5.39. The van der Waals surface area contributed by atoms with Gasteiger partial charge in [0.25, 0.3) is 5.91 Å². The van der Waals surface area contributed by atoms with E-state index in [2.05, 4.69) is 22.5 Å². The molecule has 0 aliphatic carbocycles. The van der Waals surface area contributed by atoms with Crippen molar-refractivity contribution in [2.75, 3.05) is 5.32 Å². The third-order valence-corrected chi connectivity index (χ3v) is 3.98. The second kappa shape index (κ2) is 9.21. The van der Waals surface area contributed by atoms with Crippen molar-refractivity contribution in [1.29, 1.82) is 0 Å². The van der Waals surface area contributed by atoms with Crippen LogP contribution in [0, 0.1) is 0 Å². The highest BCUT2D eigenvalue weighted by atomic mass is 16.3. The molecule has 1 aromatic carbocycles. The lowest BCUT2D eigenvalue weighted by Crippen LogP contribution is -2.39. The Hall–Kier alpha value is -2.83. The Morgan fingerprint density at radius 3 is 2.59 bits per heavy atom. The fourth-order valence-electron chi connectivity index (χ4n) is 2.52. The first-order chi connectivity index (χ1) is 12.8. The van der Waals surface area contributed by atoms with Crippen molar-refractivity contribution >= 4 is 17.6 Å². The van der Waals surface area contributed by atoms with Crippen LogP contribution in [0.15, 0.2) is 34.9 Å². The summed E-state index contributed by atoms with van der Waals surface area (Å²) in [5, 5.41) is 5.67. The van der Waals surface area contributed by atoms with E-state index in [0.717, 1.165) is 17.7 Å². The molecule has 27 heavy (non-hydrogen) atoms. The van der Waals surface area contributed by atoms with Gasteiger partial charge in [-0.3, -0.25) is 4.79 Å². The maximum absolute atomic E-state index is 12.7. The molecule has 0 unspecified atom stereocenters. The van der Waals surface area contributed by atoms with Crippen molar-refractivity contribution in [3.05, 3.63) is 47.7 Å². The first kappa shape index (κ1) is 20.5. The summed E-state index contributed by atoms with van der Waals surface area (Å²) in [4.78, 5) is 30.5. The Morgan fingerprint density at radius 2 is 1.96 bits per heavy atom. The normalized spacial score (nSPS) is 10.9. The molecule has 0 fully saturated rings. The van der Waals surface area contributed by atoms with Crippen LogP contribution in [-0.2, 0) is 13.0 Å². The predicted molar refractivity (Wildman–Crippen MR) is 105 cm³/mol. The number of hydrogen-bond acceptors (Lipinski definition) is 4. The number of urea groups is 1. The van der Waals surface area contributed by atoms with Crippen LogP contribution in [0.1, 0.15) is 56.6 Å².